The molecule has 3 heterocycles. The summed E-state index contributed by atoms with van der Waals surface area (Å²) in [4.78, 5) is 31.1. The van der Waals surface area contributed by atoms with Crippen LogP contribution in [0.1, 0.15) is 26.4 Å². The Labute approximate surface area is 140 Å². The van der Waals surface area contributed by atoms with Crippen LogP contribution in [0.5, 0.6) is 0 Å². The number of aromatic nitrogens is 1. The van der Waals surface area contributed by atoms with E-state index in [-0.39, 0.29) is 11.8 Å². The smallest absolute Gasteiger partial charge is 0.270 e. The first-order valence-electron chi connectivity index (χ1n) is 8.07. The lowest BCUT2D eigenvalue weighted by atomic mass is 10.0. The molecule has 4 rings (SSSR count). The standard InChI is InChI=1S/C18H19N3O3/c1-20-11-14-8-12(2-3-15(14)17(20)22)13-9-16(19-10-13)18(23)21-4-6-24-7-5-21/h2-3,8-10,19H,4-7,11H2,1H3. The lowest BCUT2D eigenvalue weighted by Gasteiger charge is -2.26. The molecular weight excluding hydrogens is 306 g/mol. The van der Waals surface area contributed by atoms with E-state index in [1.165, 1.54) is 0 Å². The summed E-state index contributed by atoms with van der Waals surface area (Å²) < 4.78 is 5.28. The maximum atomic E-state index is 12.5. The number of benzene rings is 1. The van der Waals surface area contributed by atoms with Crippen LogP contribution in [0.3, 0.4) is 0 Å². The number of H-pyrrole nitrogens is 1. The number of carbonyl (C=O) groups excluding carboxylic acids is 2. The number of aromatic amines is 1. The molecule has 2 amide bonds. The van der Waals surface area contributed by atoms with Crippen molar-refractivity contribution in [3.05, 3.63) is 47.3 Å². The highest BCUT2D eigenvalue weighted by molar-refractivity contribution is 5.99. The van der Waals surface area contributed by atoms with Gasteiger partial charge in [-0.25, -0.2) is 0 Å². The molecule has 0 aliphatic carbocycles. The molecule has 2 aliphatic heterocycles. The first kappa shape index (κ1) is 15.0. The van der Waals surface area contributed by atoms with Crippen LogP contribution in [0.4, 0.5) is 0 Å². The molecule has 2 aliphatic rings. The Morgan fingerprint density at radius 1 is 1.17 bits per heavy atom. The molecule has 1 aromatic heterocycles. The molecule has 1 aromatic carbocycles. The Balaban J connectivity index is 1.58. The summed E-state index contributed by atoms with van der Waals surface area (Å²) in [6.45, 7) is 3.06. The van der Waals surface area contributed by atoms with Gasteiger partial charge in [0, 0.05) is 38.4 Å². The van der Waals surface area contributed by atoms with E-state index in [2.05, 4.69) is 4.98 Å². The van der Waals surface area contributed by atoms with Crippen LogP contribution in [0, 0.1) is 0 Å². The summed E-state index contributed by atoms with van der Waals surface area (Å²) in [5.74, 6) is 0.0643. The number of rotatable bonds is 2. The van der Waals surface area contributed by atoms with Gasteiger partial charge in [-0.05, 0) is 34.9 Å². The first-order chi connectivity index (χ1) is 11.6. The molecule has 1 N–H and O–H groups in total. The molecule has 0 saturated carbocycles. The molecule has 1 fully saturated rings. The largest absolute Gasteiger partial charge is 0.378 e. The minimum absolute atomic E-state index is 0.000575. The number of nitrogens with zero attached hydrogens (tertiary/aromatic N) is 2. The van der Waals surface area contributed by atoms with Crippen molar-refractivity contribution in [2.24, 2.45) is 0 Å². The molecule has 0 radical (unpaired) electrons. The Hall–Kier alpha value is -2.60. The van der Waals surface area contributed by atoms with Gasteiger partial charge in [0.05, 0.1) is 13.2 Å². The Kier molecular flexibility index (Phi) is 3.61. The second-order valence-corrected chi connectivity index (χ2v) is 6.24. The van der Waals surface area contributed by atoms with E-state index in [1.54, 1.807) is 16.8 Å². The monoisotopic (exact) mass is 325 g/mol. The van der Waals surface area contributed by atoms with E-state index in [9.17, 15) is 9.59 Å². The normalized spacial score (nSPS) is 17.3. The van der Waals surface area contributed by atoms with E-state index in [4.69, 9.17) is 4.74 Å². The summed E-state index contributed by atoms with van der Waals surface area (Å²) in [5.41, 5.74) is 4.34. The van der Waals surface area contributed by atoms with Crippen molar-refractivity contribution >= 4 is 11.8 Å². The molecule has 6 heteroatoms. The van der Waals surface area contributed by atoms with Crippen LogP contribution in [-0.4, -0.2) is 59.9 Å². The van der Waals surface area contributed by atoms with Crippen LogP contribution in [-0.2, 0) is 11.3 Å². The van der Waals surface area contributed by atoms with E-state index in [1.807, 2.05) is 30.5 Å². The average molecular weight is 325 g/mol. The predicted octanol–water partition coefficient (Wildman–Crippen LogP) is 1.74. The van der Waals surface area contributed by atoms with Gasteiger partial charge >= 0.3 is 0 Å². The van der Waals surface area contributed by atoms with Gasteiger partial charge in [0.1, 0.15) is 5.69 Å². The fourth-order valence-corrected chi connectivity index (χ4v) is 3.27. The molecule has 24 heavy (non-hydrogen) atoms. The average Bonchev–Trinajstić information content (AvgIpc) is 3.20. The zero-order valence-corrected chi connectivity index (χ0v) is 13.5. The van der Waals surface area contributed by atoms with E-state index in [0.717, 1.165) is 22.3 Å². The topological polar surface area (TPSA) is 65.6 Å². The summed E-state index contributed by atoms with van der Waals surface area (Å²) in [7, 11) is 1.80. The molecule has 0 atom stereocenters. The minimum atomic E-state index is 0.000575. The molecule has 0 unspecified atom stereocenters. The minimum Gasteiger partial charge on any atom is -0.378 e. The SMILES string of the molecule is CN1Cc2cc(-c3c[nH]c(C(=O)N4CCOCC4)c3)ccc2C1=O. The summed E-state index contributed by atoms with van der Waals surface area (Å²) in [6.07, 6.45) is 1.84. The van der Waals surface area contributed by atoms with E-state index < -0.39 is 0 Å². The molecular formula is C18H19N3O3. The highest BCUT2D eigenvalue weighted by Gasteiger charge is 2.25. The molecule has 0 spiro atoms. The summed E-state index contributed by atoms with van der Waals surface area (Å²) in [5, 5.41) is 0. The Morgan fingerprint density at radius 2 is 1.96 bits per heavy atom. The third-order valence-electron chi connectivity index (χ3n) is 4.63. The van der Waals surface area contributed by atoms with Gasteiger partial charge in [0.2, 0.25) is 0 Å². The van der Waals surface area contributed by atoms with Gasteiger partial charge in [-0.15, -0.1) is 0 Å². The fourth-order valence-electron chi connectivity index (χ4n) is 3.27. The number of fused-ring (bicyclic) bond motifs is 1. The van der Waals surface area contributed by atoms with E-state index >= 15 is 0 Å². The highest BCUT2D eigenvalue weighted by Crippen LogP contribution is 2.28. The maximum absolute atomic E-state index is 12.5. The van der Waals surface area contributed by atoms with Crippen LogP contribution < -0.4 is 0 Å². The van der Waals surface area contributed by atoms with Gasteiger partial charge in [0.25, 0.3) is 11.8 Å². The van der Waals surface area contributed by atoms with Crippen molar-refractivity contribution in [3.8, 4) is 11.1 Å². The summed E-state index contributed by atoms with van der Waals surface area (Å²) >= 11 is 0. The van der Waals surface area contributed by atoms with Crippen LogP contribution in [0.2, 0.25) is 0 Å². The molecule has 0 bridgehead atoms. The zero-order valence-electron chi connectivity index (χ0n) is 13.5. The van der Waals surface area contributed by atoms with Gasteiger partial charge in [0.15, 0.2) is 0 Å². The van der Waals surface area contributed by atoms with Crippen LogP contribution in [0.15, 0.2) is 30.5 Å². The fraction of sp³-hybridized carbons (Fsp3) is 0.333. The number of ether oxygens (including phenoxy) is 1. The first-order valence-corrected chi connectivity index (χ1v) is 8.07. The van der Waals surface area contributed by atoms with Gasteiger partial charge in [-0.2, -0.15) is 0 Å². The Morgan fingerprint density at radius 3 is 2.75 bits per heavy atom. The lowest BCUT2D eigenvalue weighted by Crippen LogP contribution is -2.40. The van der Waals surface area contributed by atoms with E-state index in [0.29, 0.717) is 38.5 Å². The number of morpholine rings is 1. The van der Waals surface area contributed by atoms with Crippen molar-refractivity contribution in [3.63, 3.8) is 0 Å². The second kappa shape index (κ2) is 5.79. The van der Waals surface area contributed by atoms with Crippen LogP contribution >= 0.6 is 0 Å². The van der Waals surface area contributed by atoms with Crippen LogP contribution in [0.25, 0.3) is 11.1 Å². The third-order valence-corrected chi connectivity index (χ3v) is 4.63. The predicted molar refractivity (Wildman–Crippen MR) is 88.7 cm³/mol. The van der Waals surface area contributed by atoms with Crippen molar-refractivity contribution < 1.29 is 14.3 Å². The lowest BCUT2D eigenvalue weighted by molar-refractivity contribution is 0.0299. The van der Waals surface area contributed by atoms with Crippen molar-refractivity contribution in [1.29, 1.82) is 0 Å². The number of nitrogens with one attached hydrogen (secondary N) is 1. The molecule has 124 valence electrons. The highest BCUT2D eigenvalue weighted by atomic mass is 16.5. The zero-order chi connectivity index (χ0) is 16.7. The van der Waals surface area contributed by atoms with Gasteiger partial charge in [-0.1, -0.05) is 6.07 Å². The molecule has 6 nitrogen and oxygen atoms in total. The Bertz CT molecular complexity index is 806. The summed E-state index contributed by atoms with van der Waals surface area (Å²) in [6, 6.07) is 7.71. The molecule has 2 aromatic rings. The number of amides is 2. The number of hydrogen-bond acceptors (Lipinski definition) is 3. The van der Waals surface area contributed by atoms with Crippen molar-refractivity contribution in [1.82, 2.24) is 14.8 Å². The third kappa shape index (κ3) is 2.49. The number of hydrogen-bond donors (Lipinski definition) is 1. The number of carbonyl (C=O) groups is 2. The van der Waals surface area contributed by atoms with Gasteiger partial charge in [-0.3, -0.25) is 9.59 Å². The van der Waals surface area contributed by atoms with Crippen molar-refractivity contribution in [2.45, 2.75) is 6.54 Å². The molecule has 1 saturated heterocycles. The van der Waals surface area contributed by atoms with Crippen molar-refractivity contribution in [2.75, 3.05) is 33.4 Å². The van der Waals surface area contributed by atoms with Gasteiger partial charge < -0.3 is 19.5 Å². The second-order valence-electron chi connectivity index (χ2n) is 6.24. The maximum Gasteiger partial charge on any atom is 0.270 e. The quantitative estimate of drug-likeness (QED) is 0.915.